The molecule has 2 atom stereocenters. The van der Waals surface area contributed by atoms with Crippen LogP contribution in [0, 0.1) is 11.8 Å². The molecule has 3 aliphatic rings. The molecule has 170 valence electrons. The first-order valence-corrected chi connectivity index (χ1v) is 14.2. The minimum atomic E-state index is 0.822. The Morgan fingerprint density at radius 3 is 1.24 bits per heavy atom. The van der Waals surface area contributed by atoms with Crippen molar-refractivity contribution in [1.29, 1.82) is 0 Å². The lowest BCUT2D eigenvalue weighted by molar-refractivity contribution is 0.221. The van der Waals surface area contributed by atoms with Crippen molar-refractivity contribution in [2.45, 2.75) is 166 Å². The quantitative estimate of drug-likeness (QED) is 0.496. The van der Waals surface area contributed by atoms with Crippen molar-refractivity contribution in [2.75, 3.05) is 0 Å². The average molecular weight is 404 g/mol. The first-order valence-electron chi connectivity index (χ1n) is 14.2. The molecule has 0 aliphatic heterocycles. The topological polar surface area (TPSA) is 12.0 Å². The standard InChI is InChI=1S/C28H53N/c1-2-8-12-16-21-26(22-17-13-9-3-1)29-28-24-18-23-27(28)25-19-14-10-6-4-5-7-11-15-20-25/h25-29H,1-24H2. The fraction of sp³-hybridized carbons (Fsp3) is 1.00. The van der Waals surface area contributed by atoms with Crippen LogP contribution in [0.15, 0.2) is 0 Å². The summed E-state index contributed by atoms with van der Waals surface area (Å²) in [6.07, 6.45) is 35.8. The van der Waals surface area contributed by atoms with Gasteiger partial charge in [-0.05, 0) is 37.5 Å². The molecule has 29 heavy (non-hydrogen) atoms. The monoisotopic (exact) mass is 403 g/mol. The van der Waals surface area contributed by atoms with E-state index in [1.54, 1.807) is 0 Å². The lowest BCUT2D eigenvalue weighted by atomic mass is 9.80. The molecular weight excluding hydrogens is 350 g/mol. The smallest absolute Gasteiger partial charge is 0.0101 e. The number of nitrogens with one attached hydrogen (secondary N) is 1. The Morgan fingerprint density at radius 2 is 0.759 bits per heavy atom. The Morgan fingerprint density at radius 1 is 0.345 bits per heavy atom. The third kappa shape index (κ3) is 9.32. The van der Waals surface area contributed by atoms with Crippen LogP contribution in [0.3, 0.4) is 0 Å². The highest BCUT2D eigenvalue weighted by Gasteiger charge is 2.34. The summed E-state index contributed by atoms with van der Waals surface area (Å²) in [6, 6.07) is 1.67. The molecule has 1 N–H and O–H groups in total. The predicted octanol–water partition coefficient (Wildman–Crippen LogP) is 8.95. The zero-order chi connectivity index (χ0) is 20.0. The summed E-state index contributed by atoms with van der Waals surface area (Å²) in [7, 11) is 0. The van der Waals surface area contributed by atoms with Crippen LogP contribution < -0.4 is 5.32 Å². The molecule has 0 aromatic carbocycles. The largest absolute Gasteiger partial charge is 0.311 e. The van der Waals surface area contributed by atoms with Gasteiger partial charge < -0.3 is 5.32 Å². The molecule has 0 bridgehead atoms. The lowest BCUT2D eigenvalue weighted by Crippen LogP contribution is -2.42. The van der Waals surface area contributed by atoms with Gasteiger partial charge in [0, 0.05) is 12.1 Å². The molecular formula is C28H53N. The summed E-state index contributed by atoms with van der Waals surface area (Å²) in [5.74, 6) is 2.02. The summed E-state index contributed by atoms with van der Waals surface area (Å²) in [5.41, 5.74) is 0. The summed E-state index contributed by atoms with van der Waals surface area (Å²) in [5, 5.41) is 4.29. The van der Waals surface area contributed by atoms with Crippen LogP contribution in [0.25, 0.3) is 0 Å². The molecule has 3 saturated carbocycles. The predicted molar refractivity (Wildman–Crippen MR) is 128 cm³/mol. The van der Waals surface area contributed by atoms with Crippen molar-refractivity contribution in [3.05, 3.63) is 0 Å². The van der Waals surface area contributed by atoms with Crippen LogP contribution in [0.2, 0.25) is 0 Å². The fourth-order valence-corrected chi connectivity index (χ4v) is 6.84. The molecule has 3 fully saturated rings. The van der Waals surface area contributed by atoms with E-state index in [4.69, 9.17) is 0 Å². The number of rotatable bonds is 3. The third-order valence-corrected chi connectivity index (χ3v) is 8.63. The molecule has 0 heterocycles. The van der Waals surface area contributed by atoms with Gasteiger partial charge in [-0.2, -0.15) is 0 Å². The molecule has 2 unspecified atom stereocenters. The molecule has 0 amide bonds. The summed E-state index contributed by atoms with van der Waals surface area (Å²) in [4.78, 5) is 0. The zero-order valence-electron chi connectivity index (χ0n) is 19.8. The Bertz CT molecular complexity index is 368. The van der Waals surface area contributed by atoms with Crippen molar-refractivity contribution in [3.63, 3.8) is 0 Å². The Balaban J connectivity index is 1.51. The Kier molecular flexibility index (Phi) is 12.1. The van der Waals surface area contributed by atoms with E-state index in [9.17, 15) is 0 Å². The Hall–Kier alpha value is -0.0400. The van der Waals surface area contributed by atoms with Gasteiger partial charge in [-0.3, -0.25) is 0 Å². The van der Waals surface area contributed by atoms with Crippen molar-refractivity contribution in [3.8, 4) is 0 Å². The molecule has 3 aliphatic carbocycles. The molecule has 0 aromatic rings. The van der Waals surface area contributed by atoms with E-state index in [1.165, 1.54) is 154 Å². The minimum absolute atomic E-state index is 0.822. The van der Waals surface area contributed by atoms with Gasteiger partial charge in [0.15, 0.2) is 0 Å². The second-order valence-electron chi connectivity index (χ2n) is 11.0. The highest BCUT2D eigenvalue weighted by atomic mass is 15.0. The second-order valence-corrected chi connectivity index (χ2v) is 11.0. The molecule has 0 aromatic heterocycles. The van der Waals surface area contributed by atoms with Crippen LogP contribution in [-0.2, 0) is 0 Å². The first-order chi connectivity index (χ1) is 14.4. The van der Waals surface area contributed by atoms with Crippen LogP contribution in [0.5, 0.6) is 0 Å². The number of hydrogen-bond donors (Lipinski definition) is 1. The van der Waals surface area contributed by atoms with Crippen LogP contribution in [-0.4, -0.2) is 12.1 Å². The lowest BCUT2D eigenvalue weighted by Gasteiger charge is -2.33. The van der Waals surface area contributed by atoms with Gasteiger partial charge in [-0.25, -0.2) is 0 Å². The third-order valence-electron chi connectivity index (χ3n) is 8.63. The highest BCUT2D eigenvalue weighted by molar-refractivity contribution is 4.90. The fourth-order valence-electron chi connectivity index (χ4n) is 6.84. The van der Waals surface area contributed by atoms with Crippen molar-refractivity contribution >= 4 is 0 Å². The molecule has 0 saturated heterocycles. The molecule has 3 rings (SSSR count). The Labute approximate surface area is 183 Å². The summed E-state index contributed by atoms with van der Waals surface area (Å²) < 4.78 is 0. The van der Waals surface area contributed by atoms with Crippen molar-refractivity contribution in [1.82, 2.24) is 5.32 Å². The van der Waals surface area contributed by atoms with E-state index in [-0.39, 0.29) is 0 Å². The molecule has 0 radical (unpaired) electrons. The van der Waals surface area contributed by atoms with E-state index >= 15 is 0 Å². The zero-order valence-corrected chi connectivity index (χ0v) is 19.8. The van der Waals surface area contributed by atoms with Crippen LogP contribution in [0.1, 0.15) is 154 Å². The van der Waals surface area contributed by atoms with Gasteiger partial charge in [0.2, 0.25) is 0 Å². The molecule has 0 spiro atoms. The summed E-state index contributed by atoms with van der Waals surface area (Å²) in [6.45, 7) is 0. The van der Waals surface area contributed by atoms with Crippen LogP contribution >= 0.6 is 0 Å². The van der Waals surface area contributed by atoms with Gasteiger partial charge in [0.05, 0.1) is 0 Å². The normalized spacial score (nSPS) is 31.4. The minimum Gasteiger partial charge on any atom is -0.311 e. The van der Waals surface area contributed by atoms with E-state index in [0.29, 0.717) is 0 Å². The van der Waals surface area contributed by atoms with Crippen LogP contribution in [0.4, 0.5) is 0 Å². The molecule has 1 nitrogen and oxygen atoms in total. The van der Waals surface area contributed by atoms with E-state index in [2.05, 4.69) is 5.32 Å². The number of hydrogen-bond acceptors (Lipinski definition) is 1. The van der Waals surface area contributed by atoms with E-state index < -0.39 is 0 Å². The van der Waals surface area contributed by atoms with Crippen molar-refractivity contribution < 1.29 is 0 Å². The maximum atomic E-state index is 4.29. The maximum Gasteiger partial charge on any atom is 0.0101 e. The molecule has 1 heteroatoms. The van der Waals surface area contributed by atoms with E-state index in [1.807, 2.05) is 0 Å². The second kappa shape index (κ2) is 14.9. The van der Waals surface area contributed by atoms with E-state index in [0.717, 1.165) is 23.9 Å². The van der Waals surface area contributed by atoms with Crippen molar-refractivity contribution in [2.24, 2.45) is 11.8 Å². The first kappa shape index (κ1) is 23.6. The van der Waals surface area contributed by atoms with Gasteiger partial charge in [-0.1, -0.05) is 128 Å². The highest BCUT2D eigenvalue weighted by Crippen LogP contribution is 2.38. The SMILES string of the molecule is C1CCCCCC(NC2CCCC2C2CCCCCCCCCC2)CCCCC1. The van der Waals surface area contributed by atoms with Gasteiger partial charge >= 0.3 is 0 Å². The van der Waals surface area contributed by atoms with Gasteiger partial charge in [0.1, 0.15) is 0 Å². The summed E-state index contributed by atoms with van der Waals surface area (Å²) >= 11 is 0. The van der Waals surface area contributed by atoms with Gasteiger partial charge in [0.25, 0.3) is 0 Å². The maximum absolute atomic E-state index is 4.29. The van der Waals surface area contributed by atoms with Gasteiger partial charge in [-0.15, -0.1) is 0 Å². The average Bonchev–Trinajstić information content (AvgIpc) is 3.15.